The Bertz CT molecular complexity index is 1160. The second-order valence-corrected chi connectivity index (χ2v) is 8.66. The van der Waals surface area contributed by atoms with Gasteiger partial charge in [0, 0.05) is 48.1 Å². The van der Waals surface area contributed by atoms with E-state index in [2.05, 4.69) is 20.3 Å². The summed E-state index contributed by atoms with van der Waals surface area (Å²) < 4.78 is 37.8. The lowest BCUT2D eigenvalue weighted by Gasteiger charge is -2.34. The van der Waals surface area contributed by atoms with Crippen molar-refractivity contribution in [2.45, 2.75) is 49.8 Å². The second-order valence-electron chi connectivity index (χ2n) is 8.66. The van der Waals surface area contributed by atoms with E-state index in [0.717, 1.165) is 5.56 Å². The van der Waals surface area contributed by atoms with Crippen molar-refractivity contribution in [3.8, 4) is 11.3 Å². The minimum absolute atomic E-state index is 0.155. The van der Waals surface area contributed by atoms with E-state index in [1.165, 1.54) is 30.0 Å². The molecule has 1 saturated carbocycles. The maximum atomic E-state index is 13.6. The summed E-state index contributed by atoms with van der Waals surface area (Å²) in [4.78, 5) is 40.2. The maximum absolute atomic E-state index is 13.6. The van der Waals surface area contributed by atoms with Crippen LogP contribution in [0.25, 0.3) is 11.3 Å². The number of anilines is 1. The van der Waals surface area contributed by atoms with E-state index in [1.54, 1.807) is 30.5 Å². The Morgan fingerprint density at radius 1 is 1.06 bits per heavy atom. The van der Waals surface area contributed by atoms with E-state index in [1.807, 2.05) is 0 Å². The highest BCUT2D eigenvalue weighted by Crippen LogP contribution is 2.35. The molecule has 1 N–H and O–H groups in total. The van der Waals surface area contributed by atoms with Crippen LogP contribution in [0.2, 0.25) is 0 Å². The van der Waals surface area contributed by atoms with E-state index in [4.69, 9.17) is 9.15 Å². The van der Waals surface area contributed by atoms with Gasteiger partial charge >= 0.3 is 0 Å². The van der Waals surface area contributed by atoms with Gasteiger partial charge in [-0.05, 0) is 37.1 Å². The van der Waals surface area contributed by atoms with Crippen LogP contribution in [0, 0.1) is 0 Å². The first-order valence-electron chi connectivity index (χ1n) is 11.3. The Morgan fingerprint density at radius 2 is 1.74 bits per heavy atom. The highest BCUT2D eigenvalue weighted by atomic mass is 19.3. The topological polar surface area (TPSA) is 114 Å². The molecule has 9 nitrogen and oxygen atoms in total. The molecule has 182 valence electrons. The third kappa shape index (κ3) is 5.19. The molecule has 1 aliphatic heterocycles. The number of hydrogen-bond acceptors (Lipinski definition) is 7. The predicted octanol–water partition coefficient (Wildman–Crippen LogP) is 3.30. The van der Waals surface area contributed by atoms with Crippen molar-refractivity contribution >= 4 is 17.5 Å². The summed E-state index contributed by atoms with van der Waals surface area (Å²) in [5.41, 5.74) is 1.58. The van der Waals surface area contributed by atoms with Gasteiger partial charge in [-0.25, -0.2) is 23.7 Å². The standard InChI is InChI=1S/C24H23F2N5O4/c25-24(26)7-5-17(6-8-24)30-22(32)21(16-9-27-13-28-10-16)31(23(33)20-12-34-20)18-3-1-15(2-4-18)19-11-29-14-35-19/h1-4,9-11,13-14,17,20-21H,5-8,12H2,(H,30,32)/t20-,21-/m1/s1. The number of amides is 2. The van der Waals surface area contributed by atoms with Crippen LogP contribution in [0.1, 0.15) is 37.3 Å². The largest absolute Gasteiger partial charge is 0.444 e. The van der Waals surface area contributed by atoms with E-state index in [9.17, 15) is 18.4 Å². The van der Waals surface area contributed by atoms with Crippen molar-refractivity contribution in [3.05, 3.63) is 61.1 Å². The Kier molecular flexibility index (Phi) is 6.25. The molecule has 2 fully saturated rings. The molecule has 0 bridgehead atoms. The fraction of sp³-hybridized carbons (Fsp3) is 0.375. The lowest BCUT2D eigenvalue weighted by Crippen LogP contribution is -2.49. The zero-order valence-electron chi connectivity index (χ0n) is 18.6. The second kappa shape index (κ2) is 9.49. The van der Waals surface area contributed by atoms with Gasteiger partial charge in [-0.1, -0.05) is 0 Å². The maximum Gasteiger partial charge on any atom is 0.259 e. The summed E-state index contributed by atoms with van der Waals surface area (Å²) in [6.45, 7) is 0.253. The van der Waals surface area contributed by atoms with Gasteiger partial charge in [0.25, 0.3) is 5.91 Å². The number of epoxide rings is 1. The molecule has 1 saturated heterocycles. The molecule has 2 amide bonds. The molecule has 35 heavy (non-hydrogen) atoms. The average molecular weight is 483 g/mol. The van der Waals surface area contributed by atoms with Crippen LogP contribution >= 0.6 is 0 Å². The van der Waals surface area contributed by atoms with Gasteiger partial charge in [0.05, 0.1) is 12.8 Å². The predicted molar refractivity (Wildman–Crippen MR) is 119 cm³/mol. The average Bonchev–Trinajstić information content (AvgIpc) is 3.58. The highest BCUT2D eigenvalue weighted by molar-refractivity contribution is 6.04. The fourth-order valence-electron chi connectivity index (χ4n) is 4.23. The van der Waals surface area contributed by atoms with Gasteiger partial charge in [-0.3, -0.25) is 14.5 Å². The first kappa shape index (κ1) is 23.0. The van der Waals surface area contributed by atoms with E-state index < -0.39 is 35.9 Å². The summed E-state index contributed by atoms with van der Waals surface area (Å²) in [7, 11) is 0. The zero-order valence-corrected chi connectivity index (χ0v) is 18.6. The first-order chi connectivity index (χ1) is 16.9. The third-order valence-electron chi connectivity index (χ3n) is 6.17. The van der Waals surface area contributed by atoms with Gasteiger partial charge < -0.3 is 14.5 Å². The van der Waals surface area contributed by atoms with Crippen LogP contribution < -0.4 is 10.2 Å². The molecule has 0 unspecified atom stereocenters. The molecule has 0 spiro atoms. The number of nitrogens with one attached hydrogen (secondary N) is 1. The van der Waals surface area contributed by atoms with Gasteiger partial charge in [-0.2, -0.15) is 0 Å². The molecular formula is C24H23F2N5O4. The van der Waals surface area contributed by atoms with Crippen LogP contribution in [0.4, 0.5) is 14.5 Å². The number of carbonyl (C=O) groups is 2. The lowest BCUT2D eigenvalue weighted by molar-refractivity contribution is -0.128. The van der Waals surface area contributed by atoms with Crippen molar-refractivity contribution in [3.63, 3.8) is 0 Å². The Labute approximate surface area is 199 Å². The van der Waals surface area contributed by atoms with Crippen LogP contribution in [0.15, 0.2) is 60.0 Å². The van der Waals surface area contributed by atoms with Gasteiger partial charge in [0.15, 0.2) is 18.3 Å². The number of ether oxygens (including phenoxy) is 1. The van der Waals surface area contributed by atoms with Gasteiger partial charge in [0.1, 0.15) is 12.4 Å². The molecule has 11 heteroatoms. The van der Waals surface area contributed by atoms with Crippen molar-refractivity contribution in [1.29, 1.82) is 0 Å². The summed E-state index contributed by atoms with van der Waals surface area (Å²) >= 11 is 0. The van der Waals surface area contributed by atoms with Crippen LogP contribution in [0.3, 0.4) is 0 Å². The SMILES string of the molecule is O=C(NC1CCC(F)(F)CC1)[C@@H](c1cncnc1)N(C(=O)[C@H]1CO1)c1ccc(-c2cnco2)cc1. The molecule has 0 radical (unpaired) electrons. The molecule has 5 rings (SSSR count). The number of rotatable bonds is 7. The monoisotopic (exact) mass is 483 g/mol. The fourth-order valence-corrected chi connectivity index (χ4v) is 4.23. The van der Waals surface area contributed by atoms with Gasteiger partial charge in [-0.15, -0.1) is 0 Å². The van der Waals surface area contributed by atoms with Crippen molar-refractivity contribution < 1.29 is 27.5 Å². The number of benzene rings is 1. The minimum Gasteiger partial charge on any atom is -0.444 e. The Hall–Kier alpha value is -3.73. The molecule has 3 heterocycles. The van der Waals surface area contributed by atoms with Crippen LogP contribution in [-0.2, 0) is 14.3 Å². The number of hydrogen-bond donors (Lipinski definition) is 1. The number of carbonyl (C=O) groups excluding carboxylic acids is 2. The van der Waals surface area contributed by atoms with Gasteiger partial charge in [0.2, 0.25) is 11.8 Å². The lowest BCUT2D eigenvalue weighted by atomic mass is 9.92. The van der Waals surface area contributed by atoms with Crippen molar-refractivity contribution in [2.24, 2.45) is 0 Å². The molecule has 2 atom stereocenters. The molecule has 2 aliphatic rings. The molecule has 1 aliphatic carbocycles. The smallest absolute Gasteiger partial charge is 0.259 e. The number of aromatic nitrogens is 3. The number of nitrogens with zero attached hydrogens (tertiary/aromatic N) is 4. The molecule has 1 aromatic carbocycles. The van der Waals surface area contributed by atoms with Crippen molar-refractivity contribution in [2.75, 3.05) is 11.5 Å². The van der Waals surface area contributed by atoms with Crippen LogP contribution in [-0.4, -0.2) is 51.4 Å². The first-order valence-corrected chi connectivity index (χ1v) is 11.3. The van der Waals surface area contributed by atoms with Crippen molar-refractivity contribution in [1.82, 2.24) is 20.3 Å². The highest BCUT2D eigenvalue weighted by Gasteiger charge is 2.43. The molecule has 2 aromatic heterocycles. The molecule has 3 aromatic rings. The summed E-state index contributed by atoms with van der Waals surface area (Å²) in [5.74, 6) is -3.05. The third-order valence-corrected chi connectivity index (χ3v) is 6.17. The summed E-state index contributed by atoms with van der Waals surface area (Å²) in [5, 5.41) is 2.87. The quantitative estimate of drug-likeness (QED) is 0.513. The Morgan fingerprint density at radius 3 is 2.34 bits per heavy atom. The number of oxazole rings is 1. The number of halogens is 2. The minimum atomic E-state index is -2.72. The number of alkyl halides is 2. The summed E-state index contributed by atoms with van der Waals surface area (Å²) in [6.07, 6.45) is 6.19. The van der Waals surface area contributed by atoms with E-state index in [0.29, 0.717) is 17.0 Å². The zero-order chi connectivity index (χ0) is 24.4. The van der Waals surface area contributed by atoms with E-state index >= 15 is 0 Å². The summed E-state index contributed by atoms with van der Waals surface area (Å²) in [6, 6.07) is 5.36. The Balaban J connectivity index is 1.47. The van der Waals surface area contributed by atoms with E-state index in [-0.39, 0.29) is 32.3 Å². The van der Waals surface area contributed by atoms with Crippen LogP contribution in [0.5, 0.6) is 0 Å². The normalized spacial score (nSPS) is 20.1. The molecular weight excluding hydrogens is 460 g/mol.